The Hall–Kier alpha value is -3.64. The molecule has 0 radical (unpaired) electrons. The second kappa shape index (κ2) is 10.2. The number of fused-ring (bicyclic) bond motifs is 1. The van der Waals surface area contributed by atoms with Gasteiger partial charge in [0.2, 0.25) is 11.8 Å². The highest BCUT2D eigenvalue weighted by Gasteiger charge is 2.56. The maximum atomic E-state index is 13.2. The number of phenols is 1. The van der Waals surface area contributed by atoms with Crippen molar-refractivity contribution < 1.29 is 14.7 Å². The maximum Gasteiger partial charge on any atom is 0.224 e. The molecule has 6 heteroatoms. The first-order chi connectivity index (χ1) is 17.4. The average molecular weight is 484 g/mol. The number of phenolic OH excluding ortho intramolecular Hbond substituents is 1. The third-order valence-electron chi connectivity index (χ3n) is 7.40. The molecule has 3 aromatic rings. The van der Waals surface area contributed by atoms with E-state index in [0.717, 1.165) is 30.8 Å². The fraction of sp³-hybridized carbons (Fsp3) is 0.333. The Morgan fingerprint density at radius 2 is 1.69 bits per heavy atom. The van der Waals surface area contributed by atoms with E-state index in [9.17, 15) is 14.7 Å². The molecule has 1 saturated heterocycles. The minimum Gasteiger partial charge on any atom is -0.507 e. The largest absolute Gasteiger partial charge is 0.507 e. The lowest BCUT2D eigenvalue weighted by molar-refractivity contribution is -0.121. The van der Waals surface area contributed by atoms with Crippen LogP contribution in [0.2, 0.25) is 0 Å². The number of anilines is 1. The topological polar surface area (TPSA) is 81.7 Å². The van der Waals surface area contributed by atoms with Gasteiger partial charge in [0, 0.05) is 43.3 Å². The van der Waals surface area contributed by atoms with Gasteiger partial charge in [0.1, 0.15) is 5.75 Å². The van der Waals surface area contributed by atoms with Crippen LogP contribution in [-0.2, 0) is 22.6 Å². The van der Waals surface area contributed by atoms with Crippen molar-refractivity contribution in [2.75, 3.05) is 18.4 Å². The van der Waals surface area contributed by atoms with Gasteiger partial charge in [0.15, 0.2) is 0 Å². The van der Waals surface area contributed by atoms with Gasteiger partial charge in [-0.25, -0.2) is 0 Å². The number of carbonyl (C=O) groups is 2. The molecule has 2 amide bonds. The van der Waals surface area contributed by atoms with Gasteiger partial charge in [0.05, 0.1) is 6.42 Å². The van der Waals surface area contributed by atoms with Gasteiger partial charge in [-0.1, -0.05) is 61.0 Å². The van der Waals surface area contributed by atoms with Gasteiger partial charge < -0.3 is 15.7 Å². The van der Waals surface area contributed by atoms with E-state index in [4.69, 9.17) is 0 Å². The lowest BCUT2D eigenvalue weighted by Gasteiger charge is -2.20. The van der Waals surface area contributed by atoms with Crippen LogP contribution in [0.15, 0.2) is 66.7 Å². The smallest absolute Gasteiger partial charge is 0.224 e. The SMILES string of the molecule is CCC(=O)Nc1cccc(-c2cc(C)ccc2O)c1CC(=O)NC1C2CN(Cc3ccccc3)CC21. The van der Waals surface area contributed by atoms with Crippen LogP contribution in [0.1, 0.15) is 30.0 Å². The molecular weight excluding hydrogens is 450 g/mol. The number of nitrogens with one attached hydrogen (secondary N) is 2. The van der Waals surface area contributed by atoms with E-state index in [-0.39, 0.29) is 30.0 Å². The Labute approximate surface area is 212 Å². The number of piperidine rings is 1. The van der Waals surface area contributed by atoms with Gasteiger partial charge in [-0.3, -0.25) is 14.5 Å². The standard InChI is InChI=1S/C30H33N3O3/c1-3-28(35)31-26-11-7-10-21(23-14-19(2)12-13-27(23)34)22(26)15-29(36)32-30-24-17-33(18-25(24)30)16-20-8-5-4-6-9-20/h4-14,24-25,30,34H,3,15-18H2,1-2H3,(H,31,35)(H,32,36). The molecule has 6 nitrogen and oxygen atoms in total. The van der Waals surface area contributed by atoms with Crippen LogP contribution in [0.3, 0.4) is 0 Å². The van der Waals surface area contributed by atoms with E-state index in [1.165, 1.54) is 5.56 Å². The fourth-order valence-corrected chi connectivity index (χ4v) is 5.45. The zero-order valence-electron chi connectivity index (χ0n) is 20.8. The molecule has 0 spiro atoms. The molecule has 1 aliphatic heterocycles. The van der Waals surface area contributed by atoms with Gasteiger partial charge >= 0.3 is 0 Å². The summed E-state index contributed by atoms with van der Waals surface area (Å²) in [6.45, 7) is 6.70. The maximum absolute atomic E-state index is 13.2. The fourth-order valence-electron chi connectivity index (χ4n) is 5.45. The second-order valence-electron chi connectivity index (χ2n) is 10.0. The van der Waals surface area contributed by atoms with E-state index in [0.29, 0.717) is 35.1 Å². The number of benzene rings is 3. The summed E-state index contributed by atoms with van der Waals surface area (Å²) in [5, 5.41) is 16.8. The molecule has 2 aliphatic rings. The molecule has 1 heterocycles. The van der Waals surface area contributed by atoms with E-state index in [1.54, 1.807) is 13.0 Å². The molecule has 1 aliphatic carbocycles. The number of likely N-dealkylation sites (tertiary alicyclic amines) is 1. The molecule has 186 valence electrons. The third kappa shape index (κ3) is 5.14. The van der Waals surface area contributed by atoms with Gasteiger partial charge in [-0.05, 0) is 53.6 Å². The van der Waals surface area contributed by atoms with Crippen molar-refractivity contribution in [1.29, 1.82) is 0 Å². The second-order valence-corrected chi connectivity index (χ2v) is 10.0. The Balaban J connectivity index is 1.29. The molecule has 2 atom stereocenters. The first-order valence-corrected chi connectivity index (χ1v) is 12.7. The number of aryl methyl sites for hydroxylation is 1. The number of hydrogen-bond donors (Lipinski definition) is 3. The van der Waals surface area contributed by atoms with Crippen molar-refractivity contribution in [3.63, 3.8) is 0 Å². The van der Waals surface area contributed by atoms with Crippen molar-refractivity contribution in [2.24, 2.45) is 11.8 Å². The van der Waals surface area contributed by atoms with Crippen LogP contribution >= 0.6 is 0 Å². The molecule has 0 bridgehead atoms. The minimum atomic E-state index is -0.113. The Morgan fingerprint density at radius 3 is 2.42 bits per heavy atom. The zero-order valence-corrected chi connectivity index (χ0v) is 20.8. The number of amides is 2. The lowest BCUT2D eigenvalue weighted by Crippen LogP contribution is -2.35. The minimum absolute atomic E-state index is 0.0596. The summed E-state index contributed by atoms with van der Waals surface area (Å²) in [6, 6.07) is 21.7. The highest BCUT2D eigenvalue weighted by molar-refractivity contribution is 5.95. The van der Waals surface area contributed by atoms with Gasteiger partial charge in [-0.15, -0.1) is 0 Å². The molecule has 0 aromatic heterocycles. The van der Waals surface area contributed by atoms with Crippen LogP contribution in [-0.4, -0.2) is 41.0 Å². The number of aromatic hydroxyl groups is 1. The Kier molecular flexibility index (Phi) is 6.79. The van der Waals surface area contributed by atoms with E-state index >= 15 is 0 Å². The third-order valence-corrected chi connectivity index (χ3v) is 7.40. The van der Waals surface area contributed by atoms with Crippen LogP contribution in [0.25, 0.3) is 11.1 Å². The van der Waals surface area contributed by atoms with Crippen molar-refractivity contribution in [3.8, 4) is 16.9 Å². The number of rotatable bonds is 8. The molecule has 2 fully saturated rings. The molecule has 5 rings (SSSR count). The molecule has 3 N–H and O–H groups in total. The normalized spacial score (nSPS) is 20.6. The zero-order chi connectivity index (χ0) is 25.2. The summed E-state index contributed by atoms with van der Waals surface area (Å²) in [5.41, 5.74) is 5.06. The molecular formula is C30H33N3O3. The van der Waals surface area contributed by atoms with Gasteiger partial charge in [-0.2, -0.15) is 0 Å². The summed E-state index contributed by atoms with van der Waals surface area (Å²) in [5.74, 6) is 0.963. The van der Waals surface area contributed by atoms with E-state index in [2.05, 4.69) is 39.8 Å². The predicted octanol–water partition coefficient (Wildman–Crippen LogP) is 4.51. The monoisotopic (exact) mass is 483 g/mol. The van der Waals surface area contributed by atoms with Crippen molar-refractivity contribution in [1.82, 2.24) is 10.2 Å². The summed E-state index contributed by atoms with van der Waals surface area (Å²) < 4.78 is 0. The van der Waals surface area contributed by atoms with Crippen molar-refractivity contribution in [2.45, 2.75) is 39.3 Å². The Bertz CT molecular complexity index is 1260. The van der Waals surface area contributed by atoms with Gasteiger partial charge in [0.25, 0.3) is 0 Å². The molecule has 36 heavy (non-hydrogen) atoms. The van der Waals surface area contributed by atoms with Crippen molar-refractivity contribution >= 4 is 17.5 Å². The van der Waals surface area contributed by atoms with Crippen LogP contribution in [0.4, 0.5) is 5.69 Å². The van der Waals surface area contributed by atoms with Crippen LogP contribution in [0, 0.1) is 18.8 Å². The van der Waals surface area contributed by atoms with Crippen molar-refractivity contribution in [3.05, 3.63) is 83.4 Å². The van der Waals surface area contributed by atoms with Crippen LogP contribution < -0.4 is 10.6 Å². The number of nitrogens with zero attached hydrogens (tertiary/aromatic N) is 1. The first-order valence-electron chi connectivity index (χ1n) is 12.7. The number of hydrogen-bond acceptors (Lipinski definition) is 4. The quantitative estimate of drug-likeness (QED) is 0.441. The average Bonchev–Trinajstić information content (AvgIpc) is 3.30. The van der Waals surface area contributed by atoms with Crippen LogP contribution in [0.5, 0.6) is 5.75 Å². The molecule has 3 aromatic carbocycles. The lowest BCUT2D eigenvalue weighted by atomic mass is 9.94. The van der Waals surface area contributed by atoms with E-state index < -0.39 is 0 Å². The molecule has 1 saturated carbocycles. The first kappa shape index (κ1) is 24.1. The van der Waals surface area contributed by atoms with E-state index in [1.807, 2.05) is 43.3 Å². The number of carbonyl (C=O) groups excluding carboxylic acids is 2. The Morgan fingerprint density at radius 1 is 0.944 bits per heavy atom. The summed E-state index contributed by atoms with van der Waals surface area (Å²) in [7, 11) is 0. The highest BCUT2D eigenvalue weighted by Crippen LogP contribution is 2.46. The predicted molar refractivity (Wildman–Crippen MR) is 142 cm³/mol. The summed E-state index contributed by atoms with van der Waals surface area (Å²) in [4.78, 5) is 27.9. The molecule has 2 unspecified atom stereocenters. The summed E-state index contributed by atoms with van der Waals surface area (Å²) in [6.07, 6.45) is 0.475. The highest BCUT2D eigenvalue weighted by atomic mass is 16.3. The summed E-state index contributed by atoms with van der Waals surface area (Å²) >= 11 is 0.